The van der Waals surface area contributed by atoms with Crippen LogP contribution in [0.3, 0.4) is 0 Å². The fraction of sp³-hybridized carbons (Fsp3) is 0.476. The zero-order valence-corrected chi connectivity index (χ0v) is 18.8. The van der Waals surface area contributed by atoms with Crippen molar-refractivity contribution in [2.45, 2.75) is 56.2 Å². The van der Waals surface area contributed by atoms with Crippen LogP contribution in [0.5, 0.6) is 0 Å². The Morgan fingerprint density at radius 2 is 1.81 bits per heavy atom. The van der Waals surface area contributed by atoms with Gasteiger partial charge in [0.25, 0.3) is 9.84 Å². The predicted molar refractivity (Wildman–Crippen MR) is 115 cm³/mol. The van der Waals surface area contributed by atoms with Gasteiger partial charge < -0.3 is 10.2 Å². The van der Waals surface area contributed by atoms with Gasteiger partial charge in [-0.1, -0.05) is 0 Å². The molecule has 0 aliphatic carbocycles. The third-order valence-electron chi connectivity index (χ3n) is 5.31. The van der Waals surface area contributed by atoms with Crippen molar-refractivity contribution in [3.8, 4) is 0 Å². The van der Waals surface area contributed by atoms with Crippen LogP contribution in [0.2, 0.25) is 0 Å². The molecule has 0 unspecified atom stereocenters. The molecule has 1 fully saturated rings. The van der Waals surface area contributed by atoms with Gasteiger partial charge >= 0.3 is 5.51 Å². The Hall–Kier alpha value is -2.33. The van der Waals surface area contributed by atoms with E-state index in [2.05, 4.69) is 42.9 Å². The van der Waals surface area contributed by atoms with Crippen LogP contribution in [0.1, 0.15) is 33.3 Å². The third kappa shape index (κ3) is 4.95. The van der Waals surface area contributed by atoms with Crippen molar-refractivity contribution in [2.75, 3.05) is 23.4 Å². The van der Waals surface area contributed by atoms with Crippen LogP contribution in [0.4, 0.5) is 24.5 Å². The van der Waals surface area contributed by atoms with Gasteiger partial charge in [-0.05, 0) is 63.6 Å². The standard InChI is InChI=1S/C21H27F3N4O2S/c1-15(2)26-19-11-25-10-9-16(19)12-28-14-27(13-20(28,3)4)17-5-7-18(8-6-17)31(29,30)21(22,23)24/h5-11,15,26H,12-14H2,1-4H3. The molecule has 2 aromatic rings. The van der Waals surface area contributed by atoms with Gasteiger partial charge in [0.15, 0.2) is 0 Å². The van der Waals surface area contributed by atoms with E-state index < -0.39 is 20.2 Å². The molecule has 1 aromatic heterocycles. The SMILES string of the molecule is CC(C)Nc1cnccc1CN1CN(c2ccc(S(=O)(=O)C(F)(F)F)cc2)CC1(C)C. The van der Waals surface area contributed by atoms with E-state index in [9.17, 15) is 21.6 Å². The summed E-state index contributed by atoms with van der Waals surface area (Å²) in [6, 6.07) is 7.12. The van der Waals surface area contributed by atoms with Crippen LogP contribution in [0.15, 0.2) is 47.6 Å². The lowest BCUT2D eigenvalue weighted by Gasteiger charge is -2.30. The Bertz CT molecular complexity index is 1020. The van der Waals surface area contributed by atoms with Crippen molar-refractivity contribution in [1.82, 2.24) is 9.88 Å². The third-order valence-corrected chi connectivity index (χ3v) is 6.81. The van der Waals surface area contributed by atoms with Gasteiger partial charge in [0.2, 0.25) is 0 Å². The Morgan fingerprint density at radius 1 is 1.16 bits per heavy atom. The number of alkyl halides is 3. The lowest BCUT2D eigenvalue weighted by atomic mass is 10.0. The molecule has 1 aliphatic heterocycles. The summed E-state index contributed by atoms with van der Waals surface area (Å²) in [7, 11) is -5.35. The average molecular weight is 457 g/mol. The first-order valence-electron chi connectivity index (χ1n) is 9.92. The van der Waals surface area contributed by atoms with Gasteiger partial charge in [0, 0.05) is 36.6 Å². The van der Waals surface area contributed by atoms with Crippen LogP contribution in [0, 0.1) is 0 Å². The molecule has 0 bridgehead atoms. The summed E-state index contributed by atoms with van der Waals surface area (Å²) in [5.74, 6) is 0. The van der Waals surface area contributed by atoms with Gasteiger partial charge in [-0.25, -0.2) is 8.42 Å². The van der Waals surface area contributed by atoms with Crippen molar-refractivity contribution in [2.24, 2.45) is 0 Å². The topological polar surface area (TPSA) is 65.5 Å². The molecule has 1 saturated heterocycles. The molecule has 0 saturated carbocycles. The number of hydrogen-bond donors (Lipinski definition) is 1. The number of nitrogens with one attached hydrogen (secondary N) is 1. The van der Waals surface area contributed by atoms with E-state index in [0.717, 1.165) is 23.4 Å². The smallest absolute Gasteiger partial charge is 0.381 e. The second-order valence-electron chi connectivity index (χ2n) is 8.62. The lowest BCUT2D eigenvalue weighted by Crippen LogP contribution is -2.39. The molecule has 10 heteroatoms. The summed E-state index contributed by atoms with van der Waals surface area (Å²) in [6.45, 7) is 10.2. The average Bonchev–Trinajstić information content (AvgIpc) is 2.96. The molecule has 6 nitrogen and oxygen atoms in total. The van der Waals surface area contributed by atoms with Crippen molar-refractivity contribution in [3.05, 3.63) is 48.3 Å². The number of rotatable bonds is 6. The highest BCUT2D eigenvalue weighted by molar-refractivity contribution is 7.92. The maximum Gasteiger partial charge on any atom is 0.501 e. The van der Waals surface area contributed by atoms with Gasteiger partial charge in [0.1, 0.15) is 0 Å². The maximum atomic E-state index is 12.8. The maximum absolute atomic E-state index is 12.8. The summed E-state index contributed by atoms with van der Waals surface area (Å²) >= 11 is 0. The van der Waals surface area contributed by atoms with Gasteiger partial charge in [-0.2, -0.15) is 13.2 Å². The molecule has 0 spiro atoms. The number of halogens is 3. The molecule has 1 N–H and O–H groups in total. The first kappa shape index (κ1) is 23.3. The molecule has 170 valence electrons. The molecule has 0 radical (unpaired) electrons. The number of pyridine rings is 1. The van der Waals surface area contributed by atoms with Crippen LogP contribution >= 0.6 is 0 Å². The normalized spacial score (nSPS) is 17.4. The first-order chi connectivity index (χ1) is 14.3. The van der Waals surface area contributed by atoms with E-state index >= 15 is 0 Å². The highest BCUT2D eigenvalue weighted by Gasteiger charge is 2.47. The number of anilines is 2. The van der Waals surface area contributed by atoms with E-state index in [0.29, 0.717) is 25.4 Å². The number of benzene rings is 1. The van der Waals surface area contributed by atoms with Crippen molar-refractivity contribution in [1.29, 1.82) is 0 Å². The summed E-state index contributed by atoms with van der Waals surface area (Å²) in [5.41, 5.74) is -2.77. The minimum Gasteiger partial charge on any atom is -0.381 e. The zero-order valence-electron chi connectivity index (χ0n) is 17.9. The molecule has 0 amide bonds. The summed E-state index contributed by atoms with van der Waals surface area (Å²) in [6.07, 6.45) is 3.55. The largest absolute Gasteiger partial charge is 0.501 e. The molecular weight excluding hydrogens is 429 g/mol. The molecule has 1 aliphatic rings. The molecule has 31 heavy (non-hydrogen) atoms. The van der Waals surface area contributed by atoms with Crippen molar-refractivity contribution in [3.63, 3.8) is 0 Å². The number of aromatic nitrogens is 1. The van der Waals surface area contributed by atoms with Crippen LogP contribution < -0.4 is 10.2 Å². The number of nitrogens with zero attached hydrogens (tertiary/aromatic N) is 3. The quantitative estimate of drug-likeness (QED) is 0.701. The van der Waals surface area contributed by atoms with Crippen LogP contribution in [-0.4, -0.2) is 48.6 Å². The fourth-order valence-electron chi connectivity index (χ4n) is 3.63. The Morgan fingerprint density at radius 3 is 2.39 bits per heavy atom. The van der Waals surface area contributed by atoms with Crippen LogP contribution in [-0.2, 0) is 16.4 Å². The summed E-state index contributed by atoms with van der Waals surface area (Å²) in [5, 5.41) is 3.40. The Labute approximate surface area is 181 Å². The van der Waals surface area contributed by atoms with Crippen LogP contribution in [0.25, 0.3) is 0 Å². The summed E-state index contributed by atoms with van der Waals surface area (Å²) < 4.78 is 61.5. The molecule has 2 heterocycles. The predicted octanol–water partition coefficient (Wildman–Crippen LogP) is 4.25. The van der Waals surface area contributed by atoms with E-state index in [1.54, 1.807) is 12.4 Å². The fourth-order valence-corrected chi connectivity index (χ4v) is 4.39. The number of hydrogen-bond acceptors (Lipinski definition) is 6. The van der Waals surface area contributed by atoms with E-state index in [-0.39, 0.29) is 11.6 Å². The molecule has 0 atom stereocenters. The molecular formula is C21H27F3N4O2S. The molecule has 3 rings (SSSR count). The van der Waals surface area contributed by atoms with Crippen molar-refractivity contribution >= 4 is 21.2 Å². The monoisotopic (exact) mass is 456 g/mol. The minimum absolute atomic E-state index is 0.199. The van der Waals surface area contributed by atoms with E-state index in [4.69, 9.17) is 0 Å². The summed E-state index contributed by atoms with van der Waals surface area (Å²) in [4.78, 5) is 7.75. The lowest BCUT2D eigenvalue weighted by molar-refractivity contribution is -0.0436. The first-order valence-corrected chi connectivity index (χ1v) is 11.4. The van der Waals surface area contributed by atoms with E-state index in [1.807, 2.05) is 11.0 Å². The second-order valence-corrected chi connectivity index (χ2v) is 10.6. The highest BCUT2D eigenvalue weighted by atomic mass is 32.2. The van der Waals surface area contributed by atoms with Gasteiger partial charge in [0.05, 0.1) is 23.4 Å². The number of sulfone groups is 1. The van der Waals surface area contributed by atoms with Gasteiger partial charge in [-0.3, -0.25) is 9.88 Å². The van der Waals surface area contributed by atoms with Crippen molar-refractivity contribution < 1.29 is 21.6 Å². The Kier molecular flexibility index (Phi) is 6.25. The highest BCUT2D eigenvalue weighted by Crippen LogP contribution is 2.34. The van der Waals surface area contributed by atoms with Gasteiger partial charge in [-0.15, -0.1) is 0 Å². The zero-order chi connectivity index (χ0) is 23.0. The minimum atomic E-state index is -5.35. The second kappa shape index (κ2) is 8.31. The van der Waals surface area contributed by atoms with E-state index in [1.165, 1.54) is 12.1 Å². The Balaban J connectivity index is 1.79. The molecule has 1 aromatic carbocycles.